The second-order valence-electron chi connectivity index (χ2n) is 6.08. The summed E-state index contributed by atoms with van der Waals surface area (Å²) in [5, 5.41) is 12.1. The molecule has 1 N–H and O–H groups in total. The molecule has 3 aromatic rings. The van der Waals surface area contributed by atoms with Gasteiger partial charge < -0.3 is 15.1 Å². The van der Waals surface area contributed by atoms with Gasteiger partial charge in [0.05, 0.1) is 6.20 Å². The molecule has 0 amide bonds. The Labute approximate surface area is 157 Å². The molecule has 0 unspecified atom stereocenters. The standard InChI is InChI=1S/C19H19ClN6/c20-15-5-4-8-17(13-15)25-9-11-26(12-10-25)18-14-21-24-19(23-18)22-16-6-2-1-3-7-16/h1-8,13-14H,9-12H2,(H,22,23,24). The molecule has 1 fully saturated rings. The van der Waals surface area contributed by atoms with E-state index in [0.29, 0.717) is 5.95 Å². The molecular formula is C19H19ClN6. The minimum absolute atomic E-state index is 0.506. The normalized spacial score (nSPS) is 14.3. The summed E-state index contributed by atoms with van der Waals surface area (Å²) in [7, 11) is 0. The lowest BCUT2D eigenvalue weighted by molar-refractivity contribution is 0.645. The van der Waals surface area contributed by atoms with Crippen LogP contribution >= 0.6 is 11.6 Å². The molecule has 132 valence electrons. The Bertz CT molecular complexity index is 865. The molecule has 1 saturated heterocycles. The van der Waals surface area contributed by atoms with Gasteiger partial charge in [0, 0.05) is 42.6 Å². The topological polar surface area (TPSA) is 57.2 Å². The Kier molecular flexibility index (Phi) is 4.84. The molecule has 0 aliphatic carbocycles. The summed E-state index contributed by atoms with van der Waals surface area (Å²) in [4.78, 5) is 9.17. The number of rotatable bonds is 4. The summed E-state index contributed by atoms with van der Waals surface area (Å²) >= 11 is 6.10. The largest absolute Gasteiger partial charge is 0.368 e. The first-order valence-electron chi connectivity index (χ1n) is 8.55. The summed E-state index contributed by atoms with van der Waals surface area (Å²) in [6, 6.07) is 17.8. The van der Waals surface area contributed by atoms with Gasteiger partial charge in [-0.05, 0) is 30.3 Å². The van der Waals surface area contributed by atoms with Gasteiger partial charge in [-0.15, -0.1) is 5.10 Å². The van der Waals surface area contributed by atoms with E-state index in [9.17, 15) is 0 Å². The molecule has 1 aliphatic heterocycles. The van der Waals surface area contributed by atoms with Crippen molar-refractivity contribution in [3.63, 3.8) is 0 Å². The van der Waals surface area contributed by atoms with Gasteiger partial charge in [-0.3, -0.25) is 0 Å². The molecule has 2 heterocycles. The van der Waals surface area contributed by atoms with Gasteiger partial charge in [0.1, 0.15) is 0 Å². The molecule has 7 heteroatoms. The number of hydrogen-bond acceptors (Lipinski definition) is 6. The lowest BCUT2D eigenvalue weighted by Crippen LogP contribution is -2.46. The van der Waals surface area contributed by atoms with E-state index in [2.05, 4.69) is 36.4 Å². The minimum atomic E-state index is 0.506. The highest BCUT2D eigenvalue weighted by molar-refractivity contribution is 6.30. The van der Waals surface area contributed by atoms with Crippen molar-refractivity contribution in [3.8, 4) is 0 Å². The summed E-state index contributed by atoms with van der Waals surface area (Å²) in [6.07, 6.45) is 1.71. The third kappa shape index (κ3) is 3.86. The highest BCUT2D eigenvalue weighted by atomic mass is 35.5. The number of nitrogens with one attached hydrogen (secondary N) is 1. The molecule has 4 rings (SSSR count). The first-order chi connectivity index (χ1) is 12.8. The fourth-order valence-corrected chi connectivity index (χ4v) is 3.20. The predicted octanol–water partition coefficient (Wildman–Crippen LogP) is 3.60. The van der Waals surface area contributed by atoms with Crippen LogP contribution in [0.15, 0.2) is 60.8 Å². The maximum atomic E-state index is 6.10. The maximum absolute atomic E-state index is 6.10. The van der Waals surface area contributed by atoms with Crippen LogP contribution in [0.25, 0.3) is 0 Å². The Morgan fingerprint density at radius 1 is 0.885 bits per heavy atom. The van der Waals surface area contributed by atoms with E-state index in [0.717, 1.165) is 48.4 Å². The number of para-hydroxylation sites is 1. The molecule has 0 radical (unpaired) electrons. The van der Waals surface area contributed by atoms with Crippen molar-refractivity contribution < 1.29 is 0 Å². The highest BCUT2D eigenvalue weighted by Crippen LogP contribution is 2.22. The number of anilines is 4. The number of hydrogen-bond donors (Lipinski definition) is 1. The van der Waals surface area contributed by atoms with Crippen molar-refractivity contribution in [1.29, 1.82) is 0 Å². The molecule has 0 atom stereocenters. The van der Waals surface area contributed by atoms with Crippen LogP contribution < -0.4 is 15.1 Å². The zero-order valence-corrected chi connectivity index (χ0v) is 15.0. The van der Waals surface area contributed by atoms with Crippen LogP contribution in [0.1, 0.15) is 0 Å². The van der Waals surface area contributed by atoms with Crippen molar-refractivity contribution in [2.75, 3.05) is 41.3 Å². The fourth-order valence-electron chi connectivity index (χ4n) is 3.02. The molecule has 6 nitrogen and oxygen atoms in total. The maximum Gasteiger partial charge on any atom is 0.249 e. The van der Waals surface area contributed by atoms with Crippen LogP contribution in [-0.4, -0.2) is 41.4 Å². The van der Waals surface area contributed by atoms with E-state index < -0.39 is 0 Å². The third-order valence-electron chi connectivity index (χ3n) is 4.35. The van der Waals surface area contributed by atoms with Crippen LogP contribution in [0, 0.1) is 0 Å². The van der Waals surface area contributed by atoms with Gasteiger partial charge in [0.25, 0.3) is 0 Å². The van der Waals surface area contributed by atoms with Crippen molar-refractivity contribution in [3.05, 3.63) is 65.8 Å². The monoisotopic (exact) mass is 366 g/mol. The first-order valence-corrected chi connectivity index (χ1v) is 8.93. The quantitative estimate of drug-likeness (QED) is 0.761. The molecular weight excluding hydrogens is 348 g/mol. The zero-order chi connectivity index (χ0) is 17.8. The summed E-state index contributed by atoms with van der Waals surface area (Å²) in [5.41, 5.74) is 2.10. The summed E-state index contributed by atoms with van der Waals surface area (Å²) < 4.78 is 0. The predicted molar refractivity (Wildman–Crippen MR) is 105 cm³/mol. The number of halogens is 1. The number of piperazine rings is 1. The van der Waals surface area contributed by atoms with Crippen molar-refractivity contribution in [2.45, 2.75) is 0 Å². The van der Waals surface area contributed by atoms with Gasteiger partial charge >= 0.3 is 0 Å². The second kappa shape index (κ2) is 7.58. The number of aromatic nitrogens is 3. The van der Waals surface area contributed by atoms with E-state index in [1.165, 1.54) is 0 Å². The van der Waals surface area contributed by atoms with Crippen LogP contribution in [0.2, 0.25) is 5.02 Å². The van der Waals surface area contributed by atoms with Crippen LogP contribution in [0.3, 0.4) is 0 Å². The van der Waals surface area contributed by atoms with Crippen LogP contribution in [0.5, 0.6) is 0 Å². The van der Waals surface area contributed by atoms with Gasteiger partial charge in [0.15, 0.2) is 5.82 Å². The smallest absolute Gasteiger partial charge is 0.249 e. The van der Waals surface area contributed by atoms with E-state index in [4.69, 9.17) is 11.6 Å². The average molecular weight is 367 g/mol. The summed E-state index contributed by atoms with van der Waals surface area (Å²) in [6.45, 7) is 3.56. The SMILES string of the molecule is Clc1cccc(N2CCN(c3cnnc(Nc4ccccc4)n3)CC2)c1. The molecule has 0 saturated carbocycles. The lowest BCUT2D eigenvalue weighted by atomic mass is 10.2. The average Bonchev–Trinajstić information content (AvgIpc) is 2.69. The van der Waals surface area contributed by atoms with E-state index in [1.54, 1.807) is 6.20 Å². The third-order valence-corrected chi connectivity index (χ3v) is 4.59. The zero-order valence-electron chi connectivity index (χ0n) is 14.2. The van der Waals surface area contributed by atoms with E-state index in [-0.39, 0.29) is 0 Å². The van der Waals surface area contributed by atoms with Gasteiger partial charge in [-0.1, -0.05) is 35.9 Å². The minimum Gasteiger partial charge on any atom is -0.368 e. The second-order valence-corrected chi connectivity index (χ2v) is 6.52. The van der Waals surface area contributed by atoms with Crippen LogP contribution in [0.4, 0.5) is 23.1 Å². The van der Waals surface area contributed by atoms with Gasteiger partial charge in [0.2, 0.25) is 5.95 Å². The Morgan fingerprint density at radius 3 is 2.42 bits per heavy atom. The van der Waals surface area contributed by atoms with Crippen molar-refractivity contribution >= 4 is 34.7 Å². The molecule has 0 bridgehead atoms. The first kappa shape index (κ1) is 16.6. The molecule has 26 heavy (non-hydrogen) atoms. The van der Waals surface area contributed by atoms with Crippen molar-refractivity contribution in [2.24, 2.45) is 0 Å². The van der Waals surface area contributed by atoms with E-state index >= 15 is 0 Å². The molecule has 2 aromatic carbocycles. The lowest BCUT2D eigenvalue weighted by Gasteiger charge is -2.36. The van der Waals surface area contributed by atoms with E-state index in [1.807, 2.05) is 48.5 Å². The molecule has 1 aromatic heterocycles. The number of nitrogens with zero attached hydrogens (tertiary/aromatic N) is 5. The Hall–Kier alpha value is -2.86. The van der Waals surface area contributed by atoms with Gasteiger partial charge in [-0.2, -0.15) is 10.1 Å². The molecule has 1 aliphatic rings. The molecule has 0 spiro atoms. The highest BCUT2D eigenvalue weighted by Gasteiger charge is 2.19. The van der Waals surface area contributed by atoms with Gasteiger partial charge in [-0.25, -0.2) is 0 Å². The summed E-state index contributed by atoms with van der Waals surface area (Å²) in [5.74, 6) is 1.34. The Balaban J connectivity index is 1.42. The van der Waals surface area contributed by atoms with Crippen LogP contribution in [-0.2, 0) is 0 Å². The van der Waals surface area contributed by atoms with Crippen molar-refractivity contribution in [1.82, 2.24) is 15.2 Å². The fraction of sp³-hybridized carbons (Fsp3) is 0.211. The number of benzene rings is 2. The Morgan fingerprint density at radius 2 is 1.65 bits per heavy atom.